The molecule has 152 valence electrons. The number of hydrogen-bond acceptors (Lipinski definition) is 5. The van der Waals surface area contributed by atoms with E-state index in [1.165, 1.54) is 10.5 Å². The number of methoxy groups -OCH3 is 3. The molecule has 4 rings (SSSR count). The molecular weight excluding hydrogens is 386 g/mol. The average molecular weight is 412 g/mol. The molecule has 0 N–H and O–H groups in total. The quantitative estimate of drug-likeness (QED) is 0.743. The van der Waals surface area contributed by atoms with Crippen molar-refractivity contribution < 1.29 is 19.0 Å². The molecule has 0 saturated carbocycles. The van der Waals surface area contributed by atoms with Crippen molar-refractivity contribution in [1.82, 2.24) is 4.90 Å². The molecule has 2 aromatic rings. The van der Waals surface area contributed by atoms with Gasteiger partial charge in [0.15, 0.2) is 0 Å². The fourth-order valence-corrected chi connectivity index (χ4v) is 5.22. The number of carbonyl (C=O) groups is 1. The van der Waals surface area contributed by atoms with Gasteiger partial charge in [-0.25, -0.2) is 0 Å². The van der Waals surface area contributed by atoms with Gasteiger partial charge in [-0.1, -0.05) is 24.3 Å². The van der Waals surface area contributed by atoms with Crippen LogP contribution in [0.5, 0.6) is 17.2 Å². The molecule has 0 radical (unpaired) electrons. The Hall–Kier alpha value is -2.60. The van der Waals surface area contributed by atoms with Gasteiger partial charge in [0.25, 0.3) is 0 Å². The molecule has 0 bridgehead atoms. The van der Waals surface area contributed by atoms with E-state index in [9.17, 15) is 4.79 Å². The van der Waals surface area contributed by atoms with Gasteiger partial charge < -0.3 is 19.1 Å². The smallest absolute Gasteiger partial charge is 0.236 e. The highest BCUT2D eigenvalue weighted by molar-refractivity contribution is 8.01. The van der Waals surface area contributed by atoms with Gasteiger partial charge in [0, 0.05) is 30.1 Å². The van der Waals surface area contributed by atoms with Crippen LogP contribution in [0, 0.1) is 0 Å². The molecule has 0 aliphatic carbocycles. The predicted octanol–water partition coefficient (Wildman–Crippen LogP) is 4.05. The number of hydrogen-bond donors (Lipinski definition) is 0. The first kappa shape index (κ1) is 19.7. The Labute approximate surface area is 175 Å². The molecule has 0 fully saturated rings. The number of rotatable bonds is 5. The molecule has 0 unspecified atom stereocenters. The molecule has 0 spiro atoms. The standard InChI is InChI=1S/C23H25NO4S/c1-26-17-13-18(27-2)22(19(14-17)28-3)15-8-10-24(11-9-15)23(25)21-12-16-6-4-5-7-20(16)29-21/h4-8,13-14,21H,9-12H2,1-3H3/t21-/m0/s1. The number of amides is 1. The maximum absolute atomic E-state index is 13.1. The number of thioether (sulfide) groups is 1. The van der Waals surface area contributed by atoms with Gasteiger partial charge in [-0.3, -0.25) is 4.79 Å². The summed E-state index contributed by atoms with van der Waals surface area (Å²) in [7, 11) is 4.91. The molecule has 2 aliphatic heterocycles. The van der Waals surface area contributed by atoms with Crippen molar-refractivity contribution in [3.8, 4) is 17.2 Å². The largest absolute Gasteiger partial charge is 0.496 e. The number of nitrogens with zero attached hydrogens (tertiary/aromatic N) is 1. The van der Waals surface area contributed by atoms with Gasteiger partial charge in [-0.15, -0.1) is 11.8 Å². The third kappa shape index (κ3) is 3.81. The molecular formula is C23H25NO4S. The lowest BCUT2D eigenvalue weighted by Gasteiger charge is -2.29. The van der Waals surface area contributed by atoms with Crippen molar-refractivity contribution in [1.29, 1.82) is 0 Å². The molecule has 2 aromatic carbocycles. The highest BCUT2D eigenvalue weighted by Gasteiger charge is 2.32. The van der Waals surface area contributed by atoms with E-state index >= 15 is 0 Å². The fourth-order valence-electron chi connectivity index (χ4n) is 3.94. The summed E-state index contributed by atoms with van der Waals surface area (Å²) < 4.78 is 16.5. The first-order valence-corrected chi connectivity index (χ1v) is 10.5. The number of ether oxygens (including phenoxy) is 3. The summed E-state index contributed by atoms with van der Waals surface area (Å²) in [6.07, 6.45) is 3.68. The summed E-state index contributed by atoms with van der Waals surface area (Å²) in [6.45, 7) is 1.29. The van der Waals surface area contributed by atoms with Gasteiger partial charge >= 0.3 is 0 Å². The number of fused-ring (bicyclic) bond motifs is 1. The van der Waals surface area contributed by atoms with Gasteiger partial charge in [0.2, 0.25) is 5.91 Å². The summed E-state index contributed by atoms with van der Waals surface area (Å²) in [5.41, 5.74) is 3.34. The Kier molecular flexibility index (Phi) is 5.72. The molecule has 2 aliphatic rings. The van der Waals surface area contributed by atoms with E-state index < -0.39 is 0 Å². The lowest BCUT2D eigenvalue weighted by molar-refractivity contribution is -0.130. The third-order valence-corrected chi connectivity index (χ3v) is 6.78. The second-order valence-electron chi connectivity index (χ2n) is 7.09. The monoisotopic (exact) mass is 411 g/mol. The van der Waals surface area contributed by atoms with E-state index in [1.54, 1.807) is 33.1 Å². The Bertz CT molecular complexity index is 906. The number of benzene rings is 2. The van der Waals surface area contributed by atoms with E-state index in [0.29, 0.717) is 30.3 Å². The summed E-state index contributed by atoms with van der Waals surface area (Å²) in [4.78, 5) is 16.2. The second kappa shape index (κ2) is 8.41. The van der Waals surface area contributed by atoms with E-state index in [4.69, 9.17) is 14.2 Å². The highest BCUT2D eigenvalue weighted by Crippen LogP contribution is 2.42. The van der Waals surface area contributed by atoms with Crippen LogP contribution >= 0.6 is 11.8 Å². The SMILES string of the molecule is COc1cc(OC)c(C2=CCN(C(=O)[C@@H]3Cc4ccccc4S3)CC2)c(OC)c1. The minimum absolute atomic E-state index is 0.0209. The maximum Gasteiger partial charge on any atom is 0.236 e. The zero-order valence-corrected chi connectivity index (χ0v) is 17.8. The maximum atomic E-state index is 13.1. The highest BCUT2D eigenvalue weighted by atomic mass is 32.2. The van der Waals surface area contributed by atoms with E-state index in [0.717, 1.165) is 24.0 Å². The molecule has 6 heteroatoms. The van der Waals surface area contributed by atoms with Crippen LogP contribution in [0.1, 0.15) is 17.5 Å². The molecule has 1 atom stereocenters. The molecule has 29 heavy (non-hydrogen) atoms. The van der Waals surface area contributed by atoms with Crippen molar-refractivity contribution in [2.45, 2.75) is 23.0 Å². The predicted molar refractivity (Wildman–Crippen MR) is 115 cm³/mol. The topological polar surface area (TPSA) is 48.0 Å². The molecule has 2 heterocycles. The Balaban J connectivity index is 1.51. The Morgan fingerprint density at radius 3 is 2.38 bits per heavy atom. The van der Waals surface area contributed by atoms with Crippen molar-refractivity contribution >= 4 is 23.2 Å². The minimum Gasteiger partial charge on any atom is -0.496 e. The van der Waals surface area contributed by atoms with Gasteiger partial charge in [0.05, 0.1) is 32.1 Å². The zero-order chi connectivity index (χ0) is 20.4. The summed E-state index contributed by atoms with van der Waals surface area (Å²) in [5.74, 6) is 2.34. The Morgan fingerprint density at radius 2 is 1.79 bits per heavy atom. The average Bonchev–Trinajstić information content (AvgIpc) is 3.22. The fraction of sp³-hybridized carbons (Fsp3) is 0.348. The molecule has 0 aromatic heterocycles. The Morgan fingerprint density at radius 1 is 1.07 bits per heavy atom. The normalized spacial score (nSPS) is 18.1. The van der Waals surface area contributed by atoms with Crippen LogP contribution in [0.3, 0.4) is 0 Å². The van der Waals surface area contributed by atoms with Crippen LogP contribution in [0.4, 0.5) is 0 Å². The van der Waals surface area contributed by atoms with Crippen LogP contribution in [0.2, 0.25) is 0 Å². The molecule has 1 amide bonds. The second-order valence-corrected chi connectivity index (χ2v) is 8.33. The lowest BCUT2D eigenvalue weighted by Crippen LogP contribution is -2.40. The lowest BCUT2D eigenvalue weighted by atomic mass is 9.96. The van der Waals surface area contributed by atoms with Crippen molar-refractivity contribution in [2.75, 3.05) is 34.4 Å². The van der Waals surface area contributed by atoms with Crippen LogP contribution in [-0.4, -0.2) is 50.5 Å². The summed E-state index contributed by atoms with van der Waals surface area (Å²) >= 11 is 1.69. The minimum atomic E-state index is -0.0209. The summed E-state index contributed by atoms with van der Waals surface area (Å²) in [5, 5.41) is -0.0209. The van der Waals surface area contributed by atoms with E-state index in [2.05, 4.69) is 18.2 Å². The van der Waals surface area contributed by atoms with Gasteiger partial charge in [-0.05, 0) is 30.0 Å². The van der Waals surface area contributed by atoms with Crippen molar-refractivity contribution in [3.05, 3.63) is 53.6 Å². The first-order chi connectivity index (χ1) is 14.1. The first-order valence-electron chi connectivity index (χ1n) is 9.67. The van der Waals surface area contributed by atoms with E-state index in [-0.39, 0.29) is 11.2 Å². The molecule has 5 nitrogen and oxygen atoms in total. The molecule has 0 saturated heterocycles. The third-order valence-electron chi connectivity index (χ3n) is 5.48. The summed E-state index contributed by atoms with van der Waals surface area (Å²) in [6, 6.07) is 12.0. The number of carbonyl (C=O) groups excluding carboxylic acids is 1. The van der Waals surface area contributed by atoms with Crippen molar-refractivity contribution in [3.63, 3.8) is 0 Å². The van der Waals surface area contributed by atoms with Crippen LogP contribution < -0.4 is 14.2 Å². The zero-order valence-electron chi connectivity index (χ0n) is 16.9. The van der Waals surface area contributed by atoms with Crippen LogP contribution in [0.25, 0.3) is 5.57 Å². The van der Waals surface area contributed by atoms with Crippen molar-refractivity contribution in [2.24, 2.45) is 0 Å². The van der Waals surface area contributed by atoms with Gasteiger partial charge in [-0.2, -0.15) is 0 Å². The van der Waals surface area contributed by atoms with Crippen LogP contribution in [0.15, 0.2) is 47.4 Å². The van der Waals surface area contributed by atoms with E-state index in [1.807, 2.05) is 29.2 Å². The van der Waals surface area contributed by atoms with Crippen LogP contribution in [-0.2, 0) is 11.2 Å². The van der Waals surface area contributed by atoms with Gasteiger partial charge in [0.1, 0.15) is 17.2 Å².